The van der Waals surface area contributed by atoms with E-state index in [1.807, 2.05) is 41.7 Å². The van der Waals surface area contributed by atoms with Crippen LogP contribution in [0.4, 0.5) is 4.79 Å². The predicted molar refractivity (Wildman–Crippen MR) is 138 cm³/mol. The van der Waals surface area contributed by atoms with E-state index in [9.17, 15) is 4.79 Å². The van der Waals surface area contributed by atoms with Crippen molar-refractivity contribution in [2.45, 2.75) is 44.1 Å². The number of rotatable bonds is 6. The van der Waals surface area contributed by atoms with Crippen molar-refractivity contribution < 1.29 is 6.22 Å². The molecule has 2 aliphatic rings. The number of pyridine rings is 2. The molecule has 1 atom stereocenters. The molecule has 2 aliphatic heterocycles. The number of aromatic nitrogens is 4. The highest BCUT2D eigenvalue weighted by Gasteiger charge is 2.46. The number of amides is 2. The number of hydrogen-bond donors (Lipinski definition) is 1. The van der Waals surface area contributed by atoms with Crippen molar-refractivity contribution >= 4 is 16.9 Å². The number of nitrogens with one attached hydrogen (secondary N) is 1. The first-order valence-electron chi connectivity index (χ1n) is 12.6. The molecule has 180 valence electrons. The molecule has 2 amide bonds. The molecule has 1 fully saturated rings. The second kappa shape index (κ2) is 9.13. The Kier molecular flexibility index (Phi) is 5.68. The number of nitrogens with zero attached hydrogens (tertiary/aromatic N) is 5. The average Bonchev–Trinajstić information content (AvgIpc) is 3.61. The number of fused-ring (bicyclic) bond motifs is 3. The van der Waals surface area contributed by atoms with Crippen molar-refractivity contribution in [3.63, 3.8) is 0 Å². The topological polar surface area (TPSA) is 75.9 Å². The fourth-order valence-electron chi connectivity index (χ4n) is 5.58. The van der Waals surface area contributed by atoms with Gasteiger partial charge in [-0.15, -0.1) is 0 Å². The van der Waals surface area contributed by atoms with Crippen LogP contribution in [0.25, 0.3) is 22.2 Å². The summed E-state index contributed by atoms with van der Waals surface area (Å²) in [5, 5.41) is 9.16. The van der Waals surface area contributed by atoms with Crippen molar-refractivity contribution in [1.29, 1.82) is 0 Å². The Morgan fingerprint density at radius 3 is 2.83 bits per heavy atom. The molecule has 1 spiro atoms. The van der Waals surface area contributed by atoms with Gasteiger partial charge in [-0.3, -0.25) is 14.6 Å². The second-order valence-corrected chi connectivity index (χ2v) is 9.80. The van der Waals surface area contributed by atoms with Crippen molar-refractivity contribution in [2.75, 3.05) is 19.6 Å². The molecule has 0 bridgehead atoms. The summed E-state index contributed by atoms with van der Waals surface area (Å²) >= 11 is 0. The highest BCUT2D eigenvalue weighted by atomic mass is 16.2. The molecule has 0 saturated carbocycles. The standard InChI is InChI=1S/C28H30N6O.H2/c35-27(30-12-4-3-5-21-8-13-29-14-9-21)33-15-10-28(20-33)11-16-34-26(28)18-25(32-34)23-17-22-6-1-2-7-24(22)31-19-23;/h1-2,6-9,13-14,17-19H,3-5,10-12,15-16,20H2,(H,30,35);1H. The van der Waals surface area contributed by atoms with Gasteiger partial charge in [-0.2, -0.15) is 5.10 Å². The Morgan fingerprint density at radius 1 is 1.06 bits per heavy atom. The van der Waals surface area contributed by atoms with Crippen molar-refractivity contribution in [3.05, 3.63) is 78.4 Å². The summed E-state index contributed by atoms with van der Waals surface area (Å²) in [6.45, 7) is 3.17. The Hall–Kier alpha value is -3.74. The average molecular weight is 469 g/mol. The monoisotopic (exact) mass is 468 g/mol. The zero-order valence-corrected chi connectivity index (χ0v) is 19.9. The van der Waals surface area contributed by atoms with Crippen molar-refractivity contribution in [3.8, 4) is 11.3 Å². The first kappa shape index (κ1) is 21.8. The van der Waals surface area contributed by atoms with E-state index in [4.69, 9.17) is 5.10 Å². The van der Waals surface area contributed by atoms with Gasteiger partial charge in [-0.1, -0.05) is 18.2 Å². The summed E-state index contributed by atoms with van der Waals surface area (Å²) in [6, 6.07) is 16.7. The van der Waals surface area contributed by atoms with E-state index in [1.54, 1.807) is 0 Å². The van der Waals surface area contributed by atoms with Crippen LogP contribution >= 0.6 is 0 Å². The fourth-order valence-corrected chi connectivity index (χ4v) is 5.58. The minimum Gasteiger partial charge on any atom is -0.338 e. The summed E-state index contributed by atoms with van der Waals surface area (Å²) in [5.41, 5.74) is 5.57. The van der Waals surface area contributed by atoms with E-state index in [0.717, 1.165) is 73.9 Å². The largest absolute Gasteiger partial charge is 0.338 e. The first-order valence-corrected chi connectivity index (χ1v) is 12.6. The smallest absolute Gasteiger partial charge is 0.317 e. The fraction of sp³-hybridized carbons (Fsp3) is 0.357. The normalized spacial score (nSPS) is 18.9. The maximum absolute atomic E-state index is 12.9. The van der Waals surface area contributed by atoms with Gasteiger partial charge in [-0.05, 0) is 68.0 Å². The predicted octanol–water partition coefficient (Wildman–Crippen LogP) is 4.82. The van der Waals surface area contributed by atoms with E-state index < -0.39 is 0 Å². The van der Waals surface area contributed by atoms with Crippen LogP contribution in [0.1, 0.15) is 38.4 Å². The second-order valence-electron chi connectivity index (χ2n) is 9.80. The Balaban J connectivity index is 0.00000267. The van der Waals surface area contributed by atoms with E-state index in [0.29, 0.717) is 6.54 Å². The molecule has 7 heteroatoms. The van der Waals surface area contributed by atoms with Gasteiger partial charge < -0.3 is 10.2 Å². The van der Waals surface area contributed by atoms with Crippen LogP contribution in [0.15, 0.2) is 67.1 Å². The van der Waals surface area contributed by atoms with Gasteiger partial charge in [0.05, 0.1) is 11.2 Å². The first-order chi connectivity index (χ1) is 17.2. The van der Waals surface area contributed by atoms with E-state index in [2.05, 4.69) is 50.3 Å². The van der Waals surface area contributed by atoms with E-state index in [1.165, 1.54) is 11.3 Å². The van der Waals surface area contributed by atoms with Gasteiger partial charge in [0.15, 0.2) is 0 Å². The van der Waals surface area contributed by atoms with Gasteiger partial charge in [0.25, 0.3) is 0 Å². The maximum Gasteiger partial charge on any atom is 0.317 e. The van der Waals surface area contributed by atoms with Crippen LogP contribution in [0, 0.1) is 0 Å². The number of carbonyl (C=O) groups excluding carboxylic acids is 1. The molecule has 7 nitrogen and oxygen atoms in total. The van der Waals surface area contributed by atoms with Gasteiger partial charge in [0, 0.05) is 68.3 Å². The number of likely N-dealkylation sites (tertiary alicyclic amines) is 1. The van der Waals surface area contributed by atoms with Gasteiger partial charge >= 0.3 is 6.03 Å². The van der Waals surface area contributed by atoms with E-state index in [-0.39, 0.29) is 12.9 Å². The number of urea groups is 1. The maximum atomic E-state index is 12.9. The Morgan fingerprint density at radius 2 is 1.91 bits per heavy atom. The van der Waals surface area contributed by atoms with Crippen molar-refractivity contribution in [2.24, 2.45) is 0 Å². The van der Waals surface area contributed by atoms with Crippen molar-refractivity contribution in [1.82, 2.24) is 30.0 Å². The quantitative estimate of drug-likeness (QED) is 0.412. The van der Waals surface area contributed by atoms with Gasteiger partial charge in [-0.25, -0.2) is 4.79 Å². The summed E-state index contributed by atoms with van der Waals surface area (Å²) in [7, 11) is 0. The molecule has 1 unspecified atom stereocenters. The van der Waals surface area contributed by atoms with Crippen LogP contribution in [0.2, 0.25) is 0 Å². The lowest BCUT2D eigenvalue weighted by molar-refractivity contribution is 0.205. The van der Waals surface area contributed by atoms with E-state index >= 15 is 0 Å². The number of carbonyl (C=O) groups is 1. The molecule has 1 aromatic carbocycles. The number of unbranched alkanes of at least 4 members (excludes halogenated alkanes) is 1. The molecule has 1 N–H and O–H groups in total. The molecule has 1 saturated heterocycles. The van der Waals surface area contributed by atoms with Gasteiger partial charge in [0.2, 0.25) is 0 Å². The Bertz CT molecular complexity index is 1360. The SMILES string of the molecule is O=C(NCCCCc1ccncc1)N1CCC2(CCn3nc(-c4cnc5ccccc5c4)cc32)C1.[HH]. The van der Waals surface area contributed by atoms with Gasteiger partial charge in [0.1, 0.15) is 0 Å². The molecular formula is C28H32N6O. The van der Waals surface area contributed by atoms with Crippen LogP contribution < -0.4 is 5.32 Å². The number of hydrogen-bond acceptors (Lipinski definition) is 4. The molecule has 0 aliphatic carbocycles. The lowest BCUT2D eigenvalue weighted by atomic mass is 9.82. The minimum absolute atomic E-state index is 0. The van der Waals surface area contributed by atoms with Crippen LogP contribution in [-0.4, -0.2) is 50.3 Å². The molecule has 4 aromatic rings. The van der Waals surface area contributed by atoms with Crippen LogP contribution in [0.3, 0.4) is 0 Å². The highest BCUT2D eigenvalue weighted by molar-refractivity contribution is 5.82. The number of aryl methyl sites for hydroxylation is 2. The van der Waals surface area contributed by atoms with Crippen LogP contribution in [0.5, 0.6) is 0 Å². The highest BCUT2D eigenvalue weighted by Crippen LogP contribution is 2.43. The third kappa shape index (κ3) is 4.27. The lowest BCUT2D eigenvalue weighted by Crippen LogP contribution is -2.40. The molecule has 35 heavy (non-hydrogen) atoms. The zero-order chi connectivity index (χ0) is 23.7. The lowest BCUT2D eigenvalue weighted by Gasteiger charge is -2.23. The summed E-state index contributed by atoms with van der Waals surface area (Å²) in [5.74, 6) is 0. The summed E-state index contributed by atoms with van der Waals surface area (Å²) in [4.78, 5) is 23.5. The number of para-hydroxylation sites is 1. The van der Waals surface area contributed by atoms with Crippen LogP contribution in [-0.2, 0) is 18.4 Å². The number of benzene rings is 1. The zero-order valence-electron chi connectivity index (χ0n) is 19.9. The molecule has 3 aromatic heterocycles. The third-order valence-corrected chi connectivity index (χ3v) is 7.57. The molecular weight excluding hydrogens is 436 g/mol. The summed E-state index contributed by atoms with van der Waals surface area (Å²) in [6.07, 6.45) is 10.7. The molecule has 0 radical (unpaired) electrons. The third-order valence-electron chi connectivity index (χ3n) is 7.57. The molecule has 5 heterocycles. The molecule has 6 rings (SSSR count). The Labute approximate surface area is 206 Å². The minimum atomic E-state index is 0. The summed E-state index contributed by atoms with van der Waals surface area (Å²) < 4.78 is 2.14.